The number of fused-ring (bicyclic) bond motifs is 1. The number of ether oxygens (including phenoxy) is 2. The summed E-state index contributed by atoms with van der Waals surface area (Å²) in [6.07, 6.45) is 0.516. The summed E-state index contributed by atoms with van der Waals surface area (Å²) in [5.74, 6) is -0.335. The minimum Gasteiger partial charge on any atom is -0.508 e. The van der Waals surface area contributed by atoms with Crippen molar-refractivity contribution in [2.45, 2.75) is 18.9 Å². The number of amides is 1. The Hall–Kier alpha value is -2.87. The molecular formula is C20H21NO6S. The van der Waals surface area contributed by atoms with E-state index in [-0.39, 0.29) is 30.6 Å². The Morgan fingerprint density at radius 2 is 1.71 bits per heavy atom. The lowest BCUT2D eigenvalue weighted by molar-refractivity contribution is -0.142. The first kappa shape index (κ1) is 19.9. The molecule has 28 heavy (non-hydrogen) atoms. The van der Waals surface area contributed by atoms with E-state index >= 15 is 0 Å². The van der Waals surface area contributed by atoms with Gasteiger partial charge in [-0.05, 0) is 41.8 Å². The second-order valence-electron chi connectivity index (χ2n) is 6.54. The lowest BCUT2D eigenvalue weighted by atomic mass is 9.98. The Bertz CT molecular complexity index is 854. The van der Waals surface area contributed by atoms with Crippen LogP contribution in [0.15, 0.2) is 42.5 Å². The molecule has 1 unspecified atom stereocenters. The predicted molar refractivity (Wildman–Crippen MR) is 105 cm³/mol. The van der Waals surface area contributed by atoms with Crippen LogP contribution in [0.2, 0.25) is 0 Å². The smallest absolute Gasteiger partial charge is 0.326 e. The highest BCUT2D eigenvalue weighted by Crippen LogP contribution is 2.33. The average molecular weight is 403 g/mol. The Kier molecular flexibility index (Phi) is 6.30. The van der Waals surface area contributed by atoms with Gasteiger partial charge in [0.05, 0.1) is 5.92 Å². The Morgan fingerprint density at radius 3 is 2.39 bits per heavy atom. The molecule has 0 bridgehead atoms. The molecule has 1 heterocycles. The van der Waals surface area contributed by atoms with Gasteiger partial charge in [0.25, 0.3) is 0 Å². The molecule has 1 aliphatic heterocycles. The van der Waals surface area contributed by atoms with E-state index in [1.165, 1.54) is 12.1 Å². The normalized spacial score (nSPS) is 14.3. The summed E-state index contributed by atoms with van der Waals surface area (Å²) in [4.78, 5) is 24.2. The number of nitrogens with one attached hydrogen (secondary N) is 1. The molecule has 1 amide bonds. The Balaban J connectivity index is 1.65. The molecule has 3 N–H and O–H groups in total. The molecule has 148 valence electrons. The van der Waals surface area contributed by atoms with E-state index in [0.717, 1.165) is 5.56 Å². The van der Waals surface area contributed by atoms with Crippen molar-refractivity contribution >= 4 is 24.5 Å². The van der Waals surface area contributed by atoms with Crippen LogP contribution in [-0.2, 0) is 22.4 Å². The van der Waals surface area contributed by atoms with Gasteiger partial charge >= 0.3 is 5.97 Å². The molecular weight excluding hydrogens is 382 g/mol. The van der Waals surface area contributed by atoms with E-state index in [9.17, 15) is 19.8 Å². The number of carbonyl (C=O) groups is 2. The highest BCUT2D eigenvalue weighted by atomic mass is 32.1. The number of carboxylic acids is 1. The highest BCUT2D eigenvalue weighted by molar-refractivity contribution is 7.80. The molecule has 2 atom stereocenters. The van der Waals surface area contributed by atoms with Crippen LogP contribution in [0.25, 0.3) is 0 Å². The van der Waals surface area contributed by atoms with Gasteiger partial charge in [-0.3, -0.25) is 4.79 Å². The van der Waals surface area contributed by atoms with Crippen molar-refractivity contribution in [1.82, 2.24) is 5.32 Å². The third kappa shape index (κ3) is 4.89. The van der Waals surface area contributed by atoms with Crippen molar-refractivity contribution in [1.29, 1.82) is 0 Å². The average Bonchev–Trinajstić information content (AvgIpc) is 3.14. The molecule has 0 spiro atoms. The maximum atomic E-state index is 12.7. The summed E-state index contributed by atoms with van der Waals surface area (Å²) < 4.78 is 10.6. The number of carboxylic acid groups (broad SMARTS) is 1. The van der Waals surface area contributed by atoms with Gasteiger partial charge in [0.15, 0.2) is 11.5 Å². The molecule has 0 fully saturated rings. The van der Waals surface area contributed by atoms with Crippen LogP contribution >= 0.6 is 12.6 Å². The highest BCUT2D eigenvalue weighted by Gasteiger charge is 2.26. The zero-order valence-corrected chi connectivity index (χ0v) is 15.9. The van der Waals surface area contributed by atoms with Crippen molar-refractivity contribution in [2.75, 3.05) is 12.5 Å². The molecule has 2 aromatic rings. The van der Waals surface area contributed by atoms with Gasteiger partial charge in [0.2, 0.25) is 12.7 Å². The molecule has 0 aromatic heterocycles. The first-order chi connectivity index (χ1) is 13.5. The summed E-state index contributed by atoms with van der Waals surface area (Å²) in [6.45, 7) is 0.173. The Labute approximate surface area is 167 Å². The summed E-state index contributed by atoms with van der Waals surface area (Å²) >= 11 is 4.26. The van der Waals surface area contributed by atoms with Crippen molar-refractivity contribution < 1.29 is 29.3 Å². The van der Waals surface area contributed by atoms with Crippen LogP contribution in [-0.4, -0.2) is 40.7 Å². The molecule has 3 rings (SSSR count). The van der Waals surface area contributed by atoms with E-state index in [1.54, 1.807) is 18.2 Å². The van der Waals surface area contributed by atoms with Gasteiger partial charge in [0.1, 0.15) is 11.8 Å². The number of thiol groups is 1. The maximum Gasteiger partial charge on any atom is 0.326 e. The van der Waals surface area contributed by atoms with Crippen molar-refractivity contribution in [2.24, 2.45) is 5.92 Å². The quantitative estimate of drug-likeness (QED) is 0.503. The van der Waals surface area contributed by atoms with Crippen molar-refractivity contribution in [3.63, 3.8) is 0 Å². The number of phenols is 1. The minimum absolute atomic E-state index is 0.0959. The van der Waals surface area contributed by atoms with Gasteiger partial charge in [-0.15, -0.1) is 0 Å². The number of aliphatic carboxylic acids is 1. The van der Waals surface area contributed by atoms with Gasteiger partial charge < -0.3 is 25.0 Å². The molecule has 0 radical (unpaired) electrons. The minimum atomic E-state index is -1.12. The van der Waals surface area contributed by atoms with Crippen LogP contribution in [0.4, 0.5) is 0 Å². The first-order valence-electron chi connectivity index (χ1n) is 8.76. The van der Waals surface area contributed by atoms with Gasteiger partial charge in [0, 0.05) is 12.2 Å². The number of carbonyl (C=O) groups excluding carboxylic acids is 1. The maximum absolute atomic E-state index is 12.7. The van der Waals surface area contributed by atoms with Crippen molar-refractivity contribution in [3.8, 4) is 17.2 Å². The number of hydrogen-bond donors (Lipinski definition) is 4. The SMILES string of the molecule is O=C(N[C@@H](Cc1ccc(O)cc1)C(=O)O)C(CS)Cc1ccc2c(c1)OCO2. The molecule has 0 saturated carbocycles. The summed E-state index contributed by atoms with van der Waals surface area (Å²) in [7, 11) is 0. The zero-order valence-electron chi connectivity index (χ0n) is 15.0. The largest absolute Gasteiger partial charge is 0.508 e. The zero-order chi connectivity index (χ0) is 20.1. The fourth-order valence-electron chi connectivity index (χ4n) is 2.95. The summed E-state index contributed by atoms with van der Waals surface area (Å²) in [5, 5.41) is 21.4. The van der Waals surface area contributed by atoms with Crippen LogP contribution in [0.1, 0.15) is 11.1 Å². The number of phenolic OH excluding ortho intramolecular Hbond substituents is 1. The molecule has 8 heteroatoms. The van der Waals surface area contributed by atoms with Gasteiger partial charge in [-0.1, -0.05) is 18.2 Å². The van der Waals surface area contributed by atoms with Gasteiger partial charge in [-0.25, -0.2) is 4.79 Å². The molecule has 0 saturated heterocycles. The summed E-state index contributed by atoms with van der Waals surface area (Å²) in [6, 6.07) is 10.6. The number of hydrogen-bond acceptors (Lipinski definition) is 6. The van der Waals surface area contributed by atoms with E-state index in [0.29, 0.717) is 23.5 Å². The predicted octanol–water partition coefficient (Wildman–Crippen LogP) is 2.02. The monoisotopic (exact) mass is 403 g/mol. The Morgan fingerprint density at radius 1 is 1.04 bits per heavy atom. The second-order valence-corrected chi connectivity index (χ2v) is 6.91. The van der Waals surface area contributed by atoms with Crippen LogP contribution in [0, 0.1) is 5.92 Å². The van der Waals surface area contributed by atoms with Crippen LogP contribution in [0.3, 0.4) is 0 Å². The molecule has 7 nitrogen and oxygen atoms in total. The first-order valence-corrected chi connectivity index (χ1v) is 9.40. The number of aromatic hydroxyl groups is 1. The number of benzene rings is 2. The van der Waals surface area contributed by atoms with E-state index in [2.05, 4.69) is 17.9 Å². The fraction of sp³-hybridized carbons (Fsp3) is 0.300. The van der Waals surface area contributed by atoms with Crippen molar-refractivity contribution in [3.05, 3.63) is 53.6 Å². The summed E-state index contributed by atoms with van der Waals surface area (Å²) in [5.41, 5.74) is 1.58. The van der Waals surface area contributed by atoms with Crippen LogP contribution in [0.5, 0.6) is 17.2 Å². The standard InChI is InChI=1S/C20H21NO6S/c22-15-4-1-12(2-5-15)8-16(20(24)25)21-19(23)14(10-28)7-13-3-6-17-18(9-13)27-11-26-17/h1-6,9,14,16,22,28H,7-8,10-11H2,(H,21,23)(H,24,25)/t14?,16-/m0/s1. The van der Waals surface area contributed by atoms with E-state index in [4.69, 9.17) is 9.47 Å². The second kappa shape index (κ2) is 8.88. The fourth-order valence-corrected chi connectivity index (χ4v) is 3.24. The molecule has 1 aliphatic rings. The van der Waals surface area contributed by atoms with E-state index < -0.39 is 17.9 Å². The van der Waals surface area contributed by atoms with Crippen LogP contribution < -0.4 is 14.8 Å². The molecule has 0 aliphatic carbocycles. The molecule has 2 aromatic carbocycles. The van der Waals surface area contributed by atoms with Gasteiger partial charge in [-0.2, -0.15) is 12.6 Å². The van der Waals surface area contributed by atoms with E-state index in [1.807, 2.05) is 12.1 Å². The number of rotatable bonds is 8. The topological polar surface area (TPSA) is 105 Å². The third-order valence-corrected chi connectivity index (χ3v) is 4.94. The lowest BCUT2D eigenvalue weighted by Gasteiger charge is -2.19. The third-order valence-electron chi connectivity index (χ3n) is 4.50. The lowest BCUT2D eigenvalue weighted by Crippen LogP contribution is -2.45.